The molecule has 0 aromatic rings. The number of unbranched alkanes of at least 4 members (excludes halogenated alkanes) is 2. The first-order valence-corrected chi connectivity index (χ1v) is 6.53. The van der Waals surface area contributed by atoms with Gasteiger partial charge in [-0.3, -0.25) is 4.79 Å². The van der Waals surface area contributed by atoms with Gasteiger partial charge in [-0.2, -0.15) is 0 Å². The standard InChI is InChI=1S/C13H23NO/c1-2-3-4-7-13-8-5-6-11(14-13)9-12(15)10-13/h11,14H,2-10H2,1H3/t11?,13-/m1/s1. The summed E-state index contributed by atoms with van der Waals surface area (Å²) in [7, 11) is 0. The van der Waals surface area contributed by atoms with Crippen molar-refractivity contribution in [3.8, 4) is 0 Å². The minimum absolute atomic E-state index is 0.202. The summed E-state index contributed by atoms with van der Waals surface area (Å²) in [6.07, 6.45) is 10.4. The number of hydrogen-bond donors (Lipinski definition) is 1. The third kappa shape index (κ3) is 2.60. The molecular weight excluding hydrogens is 186 g/mol. The van der Waals surface area contributed by atoms with E-state index < -0.39 is 0 Å². The minimum atomic E-state index is 0.202. The number of hydrogen-bond acceptors (Lipinski definition) is 2. The van der Waals surface area contributed by atoms with E-state index in [0.717, 1.165) is 12.8 Å². The molecule has 2 atom stereocenters. The summed E-state index contributed by atoms with van der Waals surface area (Å²) in [4.78, 5) is 11.7. The molecule has 0 aliphatic carbocycles. The van der Waals surface area contributed by atoms with Gasteiger partial charge in [-0.1, -0.05) is 32.6 Å². The maximum Gasteiger partial charge on any atom is 0.136 e. The molecule has 0 amide bonds. The van der Waals surface area contributed by atoms with E-state index in [4.69, 9.17) is 0 Å². The van der Waals surface area contributed by atoms with Crippen LogP contribution in [0.2, 0.25) is 0 Å². The minimum Gasteiger partial charge on any atom is -0.308 e. The van der Waals surface area contributed by atoms with E-state index >= 15 is 0 Å². The van der Waals surface area contributed by atoms with Gasteiger partial charge in [0.1, 0.15) is 5.78 Å². The van der Waals surface area contributed by atoms with Crippen LogP contribution in [-0.4, -0.2) is 17.4 Å². The van der Waals surface area contributed by atoms with E-state index in [1.165, 1.54) is 44.9 Å². The van der Waals surface area contributed by atoms with Crippen molar-refractivity contribution < 1.29 is 4.79 Å². The van der Waals surface area contributed by atoms with Crippen LogP contribution in [-0.2, 0) is 4.79 Å². The molecule has 2 nitrogen and oxygen atoms in total. The van der Waals surface area contributed by atoms with Gasteiger partial charge in [0.2, 0.25) is 0 Å². The molecule has 1 N–H and O–H groups in total. The first kappa shape index (κ1) is 11.1. The van der Waals surface area contributed by atoms with Gasteiger partial charge in [-0.05, 0) is 19.3 Å². The Balaban J connectivity index is 1.94. The first-order valence-electron chi connectivity index (χ1n) is 6.53. The zero-order chi connectivity index (χ0) is 10.7. The van der Waals surface area contributed by atoms with Crippen molar-refractivity contribution in [2.45, 2.75) is 76.3 Å². The third-order valence-corrected chi connectivity index (χ3v) is 3.99. The highest BCUT2D eigenvalue weighted by Gasteiger charge is 2.41. The number of Topliss-reactive ketones (excluding diaryl/α,β-unsaturated/α-hetero) is 1. The van der Waals surface area contributed by atoms with Crippen LogP contribution in [0.1, 0.15) is 64.7 Å². The van der Waals surface area contributed by atoms with Gasteiger partial charge in [0.05, 0.1) is 0 Å². The summed E-state index contributed by atoms with van der Waals surface area (Å²) in [5, 5.41) is 3.73. The third-order valence-electron chi connectivity index (χ3n) is 3.99. The predicted molar refractivity (Wildman–Crippen MR) is 61.9 cm³/mol. The van der Waals surface area contributed by atoms with Gasteiger partial charge in [0.15, 0.2) is 0 Å². The van der Waals surface area contributed by atoms with Gasteiger partial charge < -0.3 is 5.32 Å². The van der Waals surface area contributed by atoms with Crippen LogP contribution in [0.3, 0.4) is 0 Å². The smallest absolute Gasteiger partial charge is 0.136 e. The Kier molecular flexibility index (Phi) is 3.45. The normalized spacial score (nSPS) is 35.5. The summed E-state index contributed by atoms with van der Waals surface area (Å²) in [6.45, 7) is 2.24. The summed E-state index contributed by atoms with van der Waals surface area (Å²) in [6, 6.07) is 0.502. The quantitative estimate of drug-likeness (QED) is 0.721. The Hall–Kier alpha value is -0.370. The van der Waals surface area contributed by atoms with E-state index in [0.29, 0.717) is 11.8 Å². The highest BCUT2D eigenvalue weighted by molar-refractivity contribution is 5.81. The molecule has 1 unspecified atom stereocenters. The fourth-order valence-electron chi connectivity index (χ4n) is 3.28. The number of carbonyl (C=O) groups is 1. The van der Waals surface area contributed by atoms with E-state index in [-0.39, 0.29) is 5.54 Å². The maximum absolute atomic E-state index is 11.7. The SMILES string of the molecule is CCCCC[C@@]12CCCC(CC(=O)C1)N2. The fraction of sp³-hybridized carbons (Fsp3) is 0.923. The van der Waals surface area contributed by atoms with Gasteiger partial charge >= 0.3 is 0 Å². The van der Waals surface area contributed by atoms with Crippen molar-refractivity contribution in [3.05, 3.63) is 0 Å². The van der Waals surface area contributed by atoms with Crippen LogP contribution >= 0.6 is 0 Å². The Morgan fingerprint density at radius 3 is 3.13 bits per heavy atom. The predicted octanol–water partition coefficient (Wildman–Crippen LogP) is 2.81. The number of carbonyl (C=O) groups excluding carboxylic acids is 1. The van der Waals surface area contributed by atoms with Crippen LogP contribution in [0.5, 0.6) is 0 Å². The summed E-state index contributed by atoms with van der Waals surface area (Å²) in [5.74, 6) is 0.495. The highest BCUT2D eigenvalue weighted by Crippen LogP contribution is 2.35. The van der Waals surface area contributed by atoms with Crippen LogP contribution in [0.15, 0.2) is 0 Å². The maximum atomic E-state index is 11.7. The molecule has 0 spiro atoms. The zero-order valence-corrected chi connectivity index (χ0v) is 9.85. The van der Waals surface area contributed by atoms with Crippen LogP contribution < -0.4 is 5.32 Å². The van der Waals surface area contributed by atoms with Gasteiger partial charge in [-0.25, -0.2) is 0 Å². The number of fused-ring (bicyclic) bond motifs is 2. The summed E-state index contributed by atoms with van der Waals surface area (Å²) in [5.41, 5.74) is 0.202. The molecule has 2 fully saturated rings. The van der Waals surface area contributed by atoms with Crippen molar-refractivity contribution in [2.24, 2.45) is 0 Å². The van der Waals surface area contributed by atoms with Crippen molar-refractivity contribution in [3.63, 3.8) is 0 Å². The van der Waals surface area contributed by atoms with Crippen LogP contribution in [0.4, 0.5) is 0 Å². The Labute approximate surface area is 92.8 Å². The van der Waals surface area contributed by atoms with Gasteiger partial charge in [0.25, 0.3) is 0 Å². The molecule has 86 valence electrons. The number of rotatable bonds is 4. The van der Waals surface area contributed by atoms with E-state index in [9.17, 15) is 4.79 Å². The average Bonchev–Trinajstić information content (AvgIpc) is 2.16. The Morgan fingerprint density at radius 2 is 2.33 bits per heavy atom. The second kappa shape index (κ2) is 4.65. The molecular formula is C13H23NO. The number of piperidine rings is 2. The molecule has 0 saturated carbocycles. The van der Waals surface area contributed by atoms with Crippen molar-refractivity contribution in [1.29, 1.82) is 0 Å². The lowest BCUT2D eigenvalue weighted by Gasteiger charge is -2.46. The molecule has 2 aliphatic heterocycles. The second-order valence-corrected chi connectivity index (χ2v) is 5.39. The van der Waals surface area contributed by atoms with Gasteiger partial charge in [0, 0.05) is 24.4 Å². The lowest BCUT2D eigenvalue weighted by Crippen LogP contribution is -2.58. The van der Waals surface area contributed by atoms with Crippen molar-refractivity contribution >= 4 is 5.78 Å². The van der Waals surface area contributed by atoms with Crippen molar-refractivity contribution in [1.82, 2.24) is 5.32 Å². The Morgan fingerprint density at radius 1 is 1.47 bits per heavy atom. The first-order chi connectivity index (χ1) is 7.24. The summed E-state index contributed by atoms with van der Waals surface area (Å²) >= 11 is 0. The largest absolute Gasteiger partial charge is 0.308 e. The topological polar surface area (TPSA) is 29.1 Å². The van der Waals surface area contributed by atoms with Crippen molar-refractivity contribution in [2.75, 3.05) is 0 Å². The van der Waals surface area contributed by atoms with E-state index in [1.54, 1.807) is 0 Å². The molecule has 2 saturated heterocycles. The summed E-state index contributed by atoms with van der Waals surface area (Å²) < 4.78 is 0. The molecule has 15 heavy (non-hydrogen) atoms. The molecule has 0 radical (unpaired) electrons. The highest BCUT2D eigenvalue weighted by atomic mass is 16.1. The molecule has 2 bridgehead atoms. The molecule has 0 aromatic carbocycles. The lowest BCUT2D eigenvalue weighted by atomic mass is 9.73. The van der Waals surface area contributed by atoms with Crippen LogP contribution in [0.25, 0.3) is 0 Å². The lowest BCUT2D eigenvalue weighted by molar-refractivity contribution is -0.124. The molecule has 0 aromatic heterocycles. The average molecular weight is 209 g/mol. The number of nitrogens with one attached hydrogen (secondary N) is 1. The zero-order valence-electron chi connectivity index (χ0n) is 9.85. The van der Waals surface area contributed by atoms with E-state index in [1.807, 2.05) is 0 Å². The van der Waals surface area contributed by atoms with E-state index in [2.05, 4.69) is 12.2 Å². The number of ketones is 1. The molecule has 2 aliphatic rings. The van der Waals surface area contributed by atoms with Gasteiger partial charge in [-0.15, -0.1) is 0 Å². The monoisotopic (exact) mass is 209 g/mol. The molecule has 2 heteroatoms. The second-order valence-electron chi connectivity index (χ2n) is 5.39. The van der Waals surface area contributed by atoms with Crippen LogP contribution in [0, 0.1) is 0 Å². The fourth-order valence-corrected chi connectivity index (χ4v) is 3.28. The molecule has 2 rings (SSSR count). The Bertz CT molecular complexity index is 239. The molecule has 2 heterocycles.